The number of hydrogen-bond acceptors (Lipinski definition) is 1. The number of amides is 1. The summed E-state index contributed by atoms with van der Waals surface area (Å²) in [6.07, 6.45) is 8.08. The van der Waals surface area contributed by atoms with Crippen LogP contribution in [0.4, 0.5) is 0 Å². The summed E-state index contributed by atoms with van der Waals surface area (Å²) in [5, 5.41) is 0. The van der Waals surface area contributed by atoms with Crippen LogP contribution in [-0.4, -0.2) is 22.9 Å². The van der Waals surface area contributed by atoms with Gasteiger partial charge < -0.3 is 4.90 Å². The fourth-order valence-corrected chi connectivity index (χ4v) is 2.89. The Morgan fingerprint density at radius 1 is 1.12 bits per heavy atom. The van der Waals surface area contributed by atoms with Gasteiger partial charge >= 0.3 is 0 Å². The van der Waals surface area contributed by atoms with E-state index in [-0.39, 0.29) is 0 Å². The Bertz CT molecular complexity index is 223. The van der Waals surface area contributed by atoms with Crippen LogP contribution in [0.2, 0.25) is 0 Å². The van der Waals surface area contributed by atoms with E-state index < -0.39 is 0 Å². The van der Waals surface area contributed by atoms with Crippen molar-refractivity contribution in [3.8, 4) is 0 Å². The van der Waals surface area contributed by atoms with E-state index in [9.17, 15) is 4.79 Å². The molecule has 0 radical (unpaired) electrons. The summed E-state index contributed by atoms with van der Waals surface area (Å²) in [4.78, 5) is 14.6. The molecule has 0 aromatic heterocycles. The molecule has 1 rings (SSSR count). The number of nitrogens with zero attached hydrogens (tertiary/aromatic N) is 1. The second-order valence-electron chi connectivity index (χ2n) is 5.67. The topological polar surface area (TPSA) is 20.3 Å². The van der Waals surface area contributed by atoms with Crippen molar-refractivity contribution in [2.45, 2.75) is 84.7 Å². The summed E-state index contributed by atoms with van der Waals surface area (Å²) in [6, 6.07) is 0.776. The van der Waals surface area contributed by atoms with Gasteiger partial charge in [-0.25, -0.2) is 0 Å². The van der Waals surface area contributed by atoms with Crippen LogP contribution in [0.15, 0.2) is 0 Å². The van der Waals surface area contributed by atoms with Crippen LogP contribution < -0.4 is 0 Å². The molecule has 0 bridgehead atoms. The Morgan fingerprint density at radius 2 is 1.59 bits per heavy atom. The van der Waals surface area contributed by atoms with Crippen LogP contribution in [0.3, 0.4) is 0 Å². The molecule has 1 amide bonds. The first-order chi connectivity index (χ1) is 8.10. The van der Waals surface area contributed by atoms with E-state index in [1.54, 1.807) is 0 Å². The van der Waals surface area contributed by atoms with Gasteiger partial charge in [0.05, 0.1) is 0 Å². The molecule has 1 saturated carbocycles. The fourth-order valence-electron chi connectivity index (χ4n) is 2.89. The largest absolute Gasteiger partial charge is 0.337 e. The second-order valence-corrected chi connectivity index (χ2v) is 5.67. The molecule has 0 aliphatic heterocycles. The predicted octanol–water partition coefficient (Wildman–Crippen LogP) is 3.99. The predicted molar refractivity (Wildman–Crippen MR) is 72.9 cm³/mol. The van der Waals surface area contributed by atoms with Gasteiger partial charge in [0.25, 0.3) is 0 Å². The third-order valence-corrected chi connectivity index (χ3v) is 4.36. The first kappa shape index (κ1) is 14.5. The zero-order chi connectivity index (χ0) is 12.8. The Balaban J connectivity index is 2.58. The maximum atomic E-state index is 12.4. The molecule has 100 valence electrons. The molecule has 0 aromatic rings. The average Bonchev–Trinajstić information content (AvgIpc) is 2.81. The summed E-state index contributed by atoms with van der Waals surface area (Å²) < 4.78 is 0. The Kier molecular flexibility index (Phi) is 6.01. The summed E-state index contributed by atoms with van der Waals surface area (Å²) >= 11 is 0. The highest BCUT2D eigenvalue weighted by atomic mass is 16.2. The highest BCUT2D eigenvalue weighted by Gasteiger charge is 2.26. The highest BCUT2D eigenvalue weighted by Crippen LogP contribution is 2.29. The van der Waals surface area contributed by atoms with Crippen LogP contribution in [0.1, 0.15) is 72.6 Å². The third-order valence-electron chi connectivity index (χ3n) is 4.36. The Morgan fingerprint density at radius 3 is 2.00 bits per heavy atom. The normalized spacial score (nSPS) is 20.2. The van der Waals surface area contributed by atoms with Gasteiger partial charge in [-0.3, -0.25) is 4.79 Å². The molecular weight excluding hydrogens is 210 g/mol. The second kappa shape index (κ2) is 7.03. The first-order valence-electron chi connectivity index (χ1n) is 7.41. The monoisotopic (exact) mass is 239 g/mol. The average molecular weight is 239 g/mol. The van der Waals surface area contributed by atoms with Crippen molar-refractivity contribution in [3.05, 3.63) is 0 Å². The molecule has 2 unspecified atom stereocenters. The fraction of sp³-hybridized carbons (Fsp3) is 0.933. The maximum absolute atomic E-state index is 12.4. The molecule has 2 heteroatoms. The van der Waals surface area contributed by atoms with Crippen molar-refractivity contribution in [2.75, 3.05) is 0 Å². The molecule has 0 heterocycles. The molecule has 1 aliphatic rings. The molecule has 2 nitrogen and oxygen atoms in total. The molecule has 1 fully saturated rings. The van der Waals surface area contributed by atoms with E-state index in [4.69, 9.17) is 0 Å². The summed E-state index contributed by atoms with van der Waals surface area (Å²) in [5.74, 6) is 1.05. The van der Waals surface area contributed by atoms with Crippen molar-refractivity contribution < 1.29 is 4.79 Å². The minimum Gasteiger partial charge on any atom is -0.337 e. The molecule has 17 heavy (non-hydrogen) atoms. The van der Waals surface area contributed by atoms with Gasteiger partial charge in [-0.1, -0.05) is 26.7 Å². The van der Waals surface area contributed by atoms with Crippen LogP contribution in [-0.2, 0) is 4.79 Å². The van der Waals surface area contributed by atoms with Crippen molar-refractivity contribution in [1.82, 2.24) is 4.90 Å². The molecular formula is C15H29NO. The Hall–Kier alpha value is -0.530. The van der Waals surface area contributed by atoms with Crippen molar-refractivity contribution in [3.63, 3.8) is 0 Å². The highest BCUT2D eigenvalue weighted by molar-refractivity contribution is 5.77. The van der Waals surface area contributed by atoms with Crippen LogP contribution in [0, 0.1) is 5.92 Å². The minimum absolute atomic E-state index is 0.388. The zero-order valence-electron chi connectivity index (χ0n) is 12.0. The van der Waals surface area contributed by atoms with Crippen LogP contribution in [0.5, 0.6) is 0 Å². The number of hydrogen-bond donors (Lipinski definition) is 0. The van der Waals surface area contributed by atoms with E-state index in [1.165, 1.54) is 25.7 Å². The van der Waals surface area contributed by atoms with Crippen LogP contribution in [0.25, 0.3) is 0 Å². The molecule has 0 saturated heterocycles. The number of carbonyl (C=O) groups is 1. The summed E-state index contributed by atoms with van der Waals surface area (Å²) in [7, 11) is 0. The molecule has 0 aromatic carbocycles. The zero-order valence-corrected chi connectivity index (χ0v) is 12.0. The van der Waals surface area contributed by atoms with Gasteiger partial charge in [0.1, 0.15) is 0 Å². The molecule has 1 aliphatic carbocycles. The molecule has 0 N–H and O–H groups in total. The Labute approximate surface area is 107 Å². The minimum atomic E-state index is 0.388. The molecule has 2 atom stereocenters. The van der Waals surface area contributed by atoms with Crippen molar-refractivity contribution in [2.24, 2.45) is 5.92 Å². The van der Waals surface area contributed by atoms with Crippen molar-refractivity contribution in [1.29, 1.82) is 0 Å². The summed E-state index contributed by atoms with van der Waals surface area (Å²) in [5.41, 5.74) is 0. The van der Waals surface area contributed by atoms with Crippen LogP contribution >= 0.6 is 0 Å². The number of rotatable bonds is 6. The third kappa shape index (κ3) is 4.01. The smallest absolute Gasteiger partial charge is 0.223 e. The van der Waals surface area contributed by atoms with Gasteiger partial charge in [0.2, 0.25) is 5.91 Å². The lowest BCUT2D eigenvalue weighted by molar-refractivity contribution is -0.136. The lowest BCUT2D eigenvalue weighted by Gasteiger charge is -2.34. The molecule has 0 spiro atoms. The lowest BCUT2D eigenvalue weighted by atomic mass is 10.0. The van der Waals surface area contributed by atoms with Gasteiger partial charge in [0, 0.05) is 18.5 Å². The van der Waals surface area contributed by atoms with E-state index in [0.717, 1.165) is 19.3 Å². The van der Waals surface area contributed by atoms with Gasteiger partial charge in [0.15, 0.2) is 0 Å². The van der Waals surface area contributed by atoms with Gasteiger partial charge in [-0.15, -0.1) is 0 Å². The quantitative estimate of drug-likeness (QED) is 0.686. The van der Waals surface area contributed by atoms with Crippen molar-refractivity contribution >= 4 is 5.91 Å². The van der Waals surface area contributed by atoms with E-state index in [1.807, 2.05) is 0 Å². The van der Waals surface area contributed by atoms with E-state index in [2.05, 4.69) is 32.6 Å². The van der Waals surface area contributed by atoms with Gasteiger partial charge in [-0.05, 0) is 45.4 Å². The summed E-state index contributed by atoms with van der Waals surface area (Å²) in [6.45, 7) is 8.70. The maximum Gasteiger partial charge on any atom is 0.223 e. The lowest BCUT2D eigenvalue weighted by Crippen LogP contribution is -2.44. The number of carbonyl (C=O) groups excluding carboxylic acids is 1. The first-order valence-corrected chi connectivity index (χ1v) is 7.41. The standard InChI is InChI=1S/C15H29NO/c1-5-12(3)16(13(4)6-2)15(17)11-14-9-7-8-10-14/h12-14H,5-11H2,1-4H3. The van der Waals surface area contributed by atoms with E-state index >= 15 is 0 Å². The SMILES string of the molecule is CCC(C)N(C(=O)CC1CCCC1)C(C)CC. The van der Waals surface area contributed by atoms with Gasteiger partial charge in [-0.2, -0.15) is 0 Å². The van der Waals surface area contributed by atoms with E-state index in [0.29, 0.717) is 23.9 Å².